The van der Waals surface area contributed by atoms with Gasteiger partial charge in [0.1, 0.15) is 24.0 Å². The summed E-state index contributed by atoms with van der Waals surface area (Å²) in [5.74, 6) is 0.190. The van der Waals surface area contributed by atoms with Crippen molar-refractivity contribution in [1.29, 1.82) is 0 Å². The van der Waals surface area contributed by atoms with Gasteiger partial charge in [0, 0.05) is 23.7 Å². The average molecular weight is 369 g/mol. The summed E-state index contributed by atoms with van der Waals surface area (Å²) in [6.45, 7) is 3.00. The monoisotopic (exact) mass is 369 g/mol. The van der Waals surface area contributed by atoms with Crippen LogP contribution in [0.15, 0.2) is 41.5 Å². The number of aliphatic imine (C=N–C) groups is 1. The van der Waals surface area contributed by atoms with E-state index in [1.807, 2.05) is 25.1 Å². The second kappa shape index (κ2) is 5.92. The molecule has 1 aromatic carbocycles. The van der Waals surface area contributed by atoms with Crippen molar-refractivity contribution in [3.63, 3.8) is 0 Å². The zero-order chi connectivity index (χ0) is 18.6. The summed E-state index contributed by atoms with van der Waals surface area (Å²) in [5, 5.41) is 0. The first-order valence-electron chi connectivity index (χ1n) is 9.10. The molecule has 1 aromatic heterocycles. The van der Waals surface area contributed by atoms with Gasteiger partial charge in [-0.05, 0) is 36.8 Å². The number of nitrogens with zero attached hydrogens (tertiary/aromatic N) is 2. The van der Waals surface area contributed by atoms with Gasteiger partial charge < -0.3 is 19.9 Å². The van der Waals surface area contributed by atoms with Crippen LogP contribution < -0.4 is 10.5 Å². The van der Waals surface area contributed by atoms with E-state index in [0.29, 0.717) is 24.3 Å². The minimum atomic E-state index is -0.698. The van der Waals surface area contributed by atoms with E-state index in [1.54, 1.807) is 12.1 Å². The predicted molar refractivity (Wildman–Crippen MR) is 96.8 cm³/mol. The fourth-order valence-corrected chi connectivity index (χ4v) is 4.62. The van der Waals surface area contributed by atoms with E-state index >= 15 is 0 Å². The van der Waals surface area contributed by atoms with Crippen LogP contribution in [0.1, 0.15) is 18.9 Å². The molecule has 5 rings (SSSR count). The van der Waals surface area contributed by atoms with Crippen LogP contribution in [0.3, 0.4) is 0 Å². The van der Waals surface area contributed by atoms with E-state index in [0.717, 1.165) is 17.7 Å². The van der Waals surface area contributed by atoms with E-state index in [4.69, 9.17) is 24.9 Å². The van der Waals surface area contributed by atoms with Crippen molar-refractivity contribution in [2.24, 2.45) is 16.6 Å². The standard InChI is InChI=1S/C20H20FN3O3/c1-11-17-16(6-8-25-11)27-15-5-4-12(13-3-2-7-23-18(13)21)9-14(15)20(17)10-26-19(22)24-20/h2-5,7,9,11,16-17H,6,8,10H2,1H3,(H2,22,24)/t11?,16-,17?,20+/m1/s1. The second-order valence-corrected chi connectivity index (χ2v) is 7.26. The summed E-state index contributed by atoms with van der Waals surface area (Å²) in [6.07, 6.45) is 2.13. The van der Waals surface area contributed by atoms with Crippen LogP contribution in [0.25, 0.3) is 11.1 Å². The molecule has 140 valence electrons. The molecule has 1 fully saturated rings. The number of rotatable bonds is 1. The van der Waals surface area contributed by atoms with Crippen LogP contribution in [0.2, 0.25) is 0 Å². The lowest BCUT2D eigenvalue weighted by molar-refractivity contribution is -0.116. The number of amidine groups is 1. The molecule has 1 saturated heterocycles. The van der Waals surface area contributed by atoms with Crippen LogP contribution in [0.4, 0.5) is 4.39 Å². The van der Waals surface area contributed by atoms with Crippen molar-refractivity contribution in [3.8, 4) is 16.9 Å². The van der Waals surface area contributed by atoms with E-state index in [-0.39, 0.29) is 24.1 Å². The molecule has 2 unspecified atom stereocenters. The van der Waals surface area contributed by atoms with E-state index in [2.05, 4.69) is 4.98 Å². The van der Waals surface area contributed by atoms with Crippen LogP contribution in [0, 0.1) is 11.9 Å². The molecule has 3 aliphatic heterocycles. The Morgan fingerprint density at radius 2 is 2.19 bits per heavy atom. The molecule has 0 amide bonds. The summed E-state index contributed by atoms with van der Waals surface area (Å²) < 4.78 is 32.0. The van der Waals surface area contributed by atoms with Crippen LogP contribution >= 0.6 is 0 Å². The fraction of sp³-hybridized carbons (Fsp3) is 0.400. The van der Waals surface area contributed by atoms with Gasteiger partial charge >= 0.3 is 0 Å². The maximum Gasteiger partial charge on any atom is 0.283 e. The Hall–Kier alpha value is -2.67. The molecule has 3 aliphatic rings. The van der Waals surface area contributed by atoms with Crippen LogP contribution in [-0.4, -0.2) is 36.4 Å². The molecule has 27 heavy (non-hydrogen) atoms. The molecule has 2 aromatic rings. The fourth-order valence-electron chi connectivity index (χ4n) is 4.62. The highest BCUT2D eigenvalue weighted by Crippen LogP contribution is 2.52. The summed E-state index contributed by atoms with van der Waals surface area (Å²) in [7, 11) is 0. The SMILES string of the molecule is CC1OCC[C@H]2Oc3ccc(-c4cccnc4F)cc3[C@@]3(COC(N)=N3)C12. The third-order valence-corrected chi connectivity index (χ3v) is 5.79. The van der Waals surface area contributed by atoms with Crippen molar-refractivity contribution < 1.29 is 18.6 Å². The van der Waals surface area contributed by atoms with Crippen molar-refractivity contribution >= 4 is 6.02 Å². The molecular weight excluding hydrogens is 349 g/mol. The van der Waals surface area contributed by atoms with Gasteiger partial charge in [0.2, 0.25) is 5.95 Å². The van der Waals surface area contributed by atoms with Gasteiger partial charge in [0.05, 0.1) is 18.6 Å². The molecular formula is C20H20FN3O3. The zero-order valence-corrected chi connectivity index (χ0v) is 14.9. The number of nitrogens with two attached hydrogens (primary N) is 1. The van der Waals surface area contributed by atoms with Gasteiger partial charge in [-0.3, -0.25) is 0 Å². The third-order valence-electron chi connectivity index (χ3n) is 5.79. The summed E-state index contributed by atoms with van der Waals surface area (Å²) >= 11 is 0. The summed E-state index contributed by atoms with van der Waals surface area (Å²) in [4.78, 5) is 8.47. The molecule has 7 heteroatoms. The Balaban J connectivity index is 1.70. The quantitative estimate of drug-likeness (QED) is 0.782. The van der Waals surface area contributed by atoms with E-state index < -0.39 is 11.5 Å². The maximum atomic E-state index is 14.2. The van der Waals surface area contributed by atoms with Crippen molar-refractivity contribution in [2.75, 3.05) is 13.2 Å². The maximum absolute atomic E-state index is 14.2. The van der Waals surface area contributed by atoms with E-state index in [1.165, 1.54) is 6.20 Å². The van der Waals surface area contributed by atoms with Gasteiger partial charge in [0.25, 0.3) is 6.02 Å². The van der Waals surface area contributed by atoms with Crippen molar-refractivity contribution in [1.82, 2.24) is 4.98 Å². The minimum absolute atomic E-state index is 0.0273. The molecule has 1 spiro atoms. The number of ether oxygens (including phenoxy) is 3. The number of halogens is 1. The Morgan fingerprint density at radius 3 is 2.96 bits per heavy atom. The number of pyridine rings is 1. The van der Waals surface area contributed by atoms with Crippen LogP contribution in [0.5, 0.6) is 5.75 Å². The van der Waals surface area contributed by atoms with Crippen LogP contribution in [-0.2, 0) is 15.0 Å². The summed E-state index contributed by atoms with van der Waals surface area (Å²) in [5.41, 5.74) is 7.21. The molecule has 0 radical (unpaired) electrons. The highest BCUT2D eigenvalue weighted by atomic mass is 19.1. The predicted octanol–water partition coefficient (Wildman–Crippen LogP) is 2.61. The highest BCUT2D eigenvalue weighted by Gasteiger charge is 2.57. The Bertz CT molecular complexity index is 934. The van der Waals surface area contributed by atoms with Gasteiger partial charge in [-0.15, -0.1) is 0 Å². The summed E-state index contributed by atoms with van der Waals surface area (Å²) in [6, 6.07) is 9.22. The average Bonchev–Trinajstić information content (AvgIpc) is 3.04. The topological polar surface area (TPSA) is 79.0 Å². The van der Waals surface area contributed by atoms with Gasteiger partial charge in [-0.1, -0.05) is 6.07 Å². The first-order valence-corrected chi connectivity index (χ1v) is 9.10. The first-order chi connectivity index (χ1) is 13.1. The van der Waals surface area contributed by atoms with Crippen molar-refractivity contribution in [2.45, 2.75) is 31.1 Å². The van der Waals surface area contributed by atoms with E-state index in [9.17, 15) is 4.39 Å². The Labute approximate surface area is 156 Å². The number of hydrogen-bond acceptors (Lipinski definition) is 6. The smallest absolute Gasteiger partial charge is 0.283 e. The normalized spacial score (nSPS) is 31.5. The largest absolute Gasteiger partial charge is 0.489 e. The Kier molecular flexibility index (Phi) is 3.62. The first kappa shape index (κ1) is 16.5. The molecule has 4 heterocycles. The van der Waals surface area contributed by atoms with Gasteiger partial charge in [0.15, 0.2) is 0 Å². The number of benzene rings is 1. The molecule has 0 aliphatic carbocycles. The van der Waals surface area contributed by atoms with Crippen molar-refractivity contribution in [3.05, 3.63) is 48.0 Å². The Morgan fingerprint density at radius 1 is 1.30 bits per heavy atom. The number of fused-ring (bicyclic) bond motifs is 4. The molecule has 4 atom stereocenters. The third kappa shape index (κ3) is 2.41. The lowest BCUT2D eigenvalue weighted by Gasteiger charge is -2.48. The highest BCUT2D eigenvalue weighted by molar-refractivity contribution is 5.75. The molecule has 0 saturated carbocycles. The lowest BCUT2D eigenvalue weighted by Crippen LogP contribution is -2.56. The van der Waals surface area contributed by atoms with Gasteiger partial charge in [-0.2, -0.15) is 4.39 Å². The lowest BCUT2D eigenvalue weighted by atomic mass is 9.69. The molecule has 6 nitrogen and oxygen atoms in total. The number of hydrogen-bond donors (Lipinski definition) is 1. The van der Waals surface area contributed by atoms with Gasteiger partial charge in [-0.25, -0.2) is 9.98 Å². The number of aromatic nitrogens is 1. The molecule has 0 bridgehead atoms. The zero-order valence-electron chi connectivity index (χ0n) is 14.9. The second-order valence-electron chi connectivity index (χ2n) is 7.26. The molecule has 2 N–H and O–H groups in total. The minimum Gasteiger partial charge on any atom is -0.489 e.